The summed E-state index contributed by atoms with van der Waals surface area (Å²) in [6.07, 6.45) is 0. The third-order valence-corrected chi connectivity index (χ3v) is 4.85. The number of hydrogen-bond acceptors (Lipinski definition) is 5. The number of rotatable bonds is 4. The molecule has 2 rings (SSSR count). The van der Waals surface area contributed by atoms with Gasteiger partial charge in [0.25, 0.3) is 0 Å². The molecule has 0 saturated carbocycles. The van der Waals surface area contributed by atoms with Gasteiger partial charge in [-0.25, -0.2) is 4.79 Å². The van der Waals surface area contributed by atoms with E-state index in [1.807, 2.05) is 0 Å². The van der Waals surface area contributed by atoms with Crippen LogP contribution >= 0.6 is 11.6 Å². The summed E-state index contributed by atoms with van der Waals surface area (Å²) in [6.45, 7) is 3.40. The summed E-state index contributed by atoms with van der Waals surface area (Å²) in [7, 11) is -2.92. The summed E-state index contributed by atoms with van der Waals surface area (Å²) in [5.41, 5.74) is 1.37. The van der Waals surface area contributed by atoms with E-state index in [0.29, 0.717) is 5.56 Å². The number of hydrogen-bond donors (Lipinski definition) is 0. The van der Waals surface area contributed by atoms with Crippen LogP contribution in [-0.2, 0) is 14.9 Å². The number of ether oxygens (including phenoxy) is 1. The van der Waals surface area contributed by atoms with E-state index >= 15 is 0 Å². The van der Waals surface area contributed by atoms with E-state index in [0.717, 1.165) is 5.56 Å². The highest BCUT2D eigenvalue weighted by molar-refractivity contribution is 7.87. The number of methoxy groups -OCH3 is 1. The summed E-state index contributed by atoms with van der Waals surface area (Å²) in [4.78, 5) is 11.5. The first kappa shape index (κ1) is 17.3. The molecule has 0 saturated heterocycles. The van der Waals surface area contributed by atoms with Gasteiger partial charge in [-0.2, -0.15) is 8.42 Å². The van der Waals surface area contributed by atoms with Gasteiger partial charge in [0.05, 0.1) is 17.7 Å². The second-order valence-electron chi connectivity index (χ2n) is 4.94. The maximum absolute atomic E-state index is 12.5. The number of carbonyl (C=O) groups is 1. The van der Waals surface area contributed by atoms with Crippen molar-refractivity contribution < 1.29 is 22.1 Å². The Hall–Kier alpha value is -2.05. The fraction of sp³-hybridized carbons (Fsp3) is 0.188. The summed E-state index contributed by atoms with van der Waals surface area (Å²) < 4.78 is 34.8. The van der Waals surface area contributed by atoms with Crippen LogP contribution in [0.2, 0.25) is 5.02 Å². The van der Waals surface area contributed by atoms with Crippen molar-refractivity contribution in [3.8, 4) is 5.75 Å². The normalized spacial score (nSPS) is 11.1. The number of carbonyl (C=O) groups excluding carboxylic acids is 1. The van der Waals surface area contributed by atoms with E-state index in [-0.39, 0.29) is 21.2 Å². The minimum atomic E-state index is -4.14. The van der Waals surface area contributed by atoms with Crippen molar-refractivity contribution in [2.45, 2.75) is 18.7 Å². The predicted octanol–water partition coefficient (Wildman–Crippen LogP) is 3.51. The lowest BCUT2D eigenvalue weighted by atomic mass is 10.1. The van der Waals surface area contributed by atoms with Crippen LogP contribution in [0.5, 0.6) is 5.75 Å². The molecule has 2 aromatic rings. The molecule has 122 valence electrons. The average molecular weight is 355 g/mol. The van der Waals surface area contributed by atoms with Gasteiger partial charge in [-0.1, -0.05) is 23.7 Å². The van der Waals surface area contributed by atoms with E-state index in [1.165, 1.54) is 31.4 Å². The van der Waals surface area contributed by atoms with Crippen LogP contribution in [0.15, 0.2) is 41.3 Å². The first-order valence-corrected chi connectivity index (χ1v) is 8.43. The van der Waals surface area contributed by atoms with Crippen molar-refractivity contribution in [3.63, 3.8) is 0 Å². The van der Waals surface area contributed by atoms with Crippen molar-refractivity contribution >= 4 is 27.7 Å². The molecule has 0 aliphatic heterocycles. The van der Waals surface area contributed by atoms with Gasteiger partial charge in [0.1, 0.15) is 4.90 Å². The predicted molar refractivity (Wildman–Crippen MR) is 86.5 cm³/mol. The van der Waals surface area contributed by atoms with Crippen LogP contribution in [-0.4, -0.2) is 21.5 Å². The van der Waals surface area contributed by atoms with Crippen molar-refractivity contribution in [2.24, 2.45) is 0 Å². The van der Waals surface area contributed by atoms with Crippen molar-refractivity contribution in [2.75, 3.05) is 7.11 Å². The Morgan fingerprint density at radius 3 is 2.43 bits per heavy atom. The van der Waals surface area contributed by atoms with Crippen LogP contribution < -0.4 is 4.18 Å². The molecular weight excluding hydrogens is 340 g/mol. The summed E-state index contributed by atoms with van der Waals surface area (Å²) >= 11 is 5.97. The lowest BCUT2D eigenvalue weighted by molar-refractivity contribution is 0.0600. The molecule has 0 unspecified atom stereocenters. The van der Waals surface area contributed by atoms with Gasteiger partial charge < -0.3 is 8.92 Å². The summed E-state index contributed by atoms with van der Waals surface area (Å²) in [5.74, 6) is -0.593. The van der Waals surface area contributed by atoms with Crippen LogP contribution in [0.3, 0.4) is 0 Å². The van der Waals surface area contributed by atoms with Gasteiger partial charge in [0.15, 0.2) is 5.75 Å². The fourth-order valence-corrected chi connectivity index (χ4v) is 3.35. The molecule has 0 heterocycles. The SMILES string of the molecule is COC(=O)c1ccc(C)c(S(=O)(=O)Oc2cc(C)ccc2Cl)c1. The molecule has 2 aromatic carbocycles. The van der Waals surface area contributed by atoms with Crippen LogP contribution in [0.1, 0.15) is 21.5 Å². The second kappa shape index (κ2) is 6.60. The maximum Gasteiger partial charge on any atom is 0.339 e. The van der Waals surface area contributed by atoms with Gasteiger partial charge >= 0.3 is 16.1 Å². The Balaban J connectivity index is 2.47. The topological polar surface area (TPSA) is 69.7 Å². The molecule has 0 amide bonds. The Labute approximate surface area is 139 Å². The molecule has 0 aliphatic carbocycles. The van der Waals surface area contributed by atoms with Gasteiger partial charge in [0, 0.05) is 0 Å². The van der Waals surface area contributed by atoms with E-state index in [2.05, 4.69) is 4.74 Å². The lowest BCUT2D eigenvalue weighted by Gasteiger charge is -2.12. The minimum absolute atomic E-state index is 0.0366. The van der Waals surface area contributed by atoms with Gasteiger partial charge in [-0.05, 0) is 49.2 Å². The second-order valence-corrected chi connectivity index (χ2v) is 6.87. The highest BCUT2D eigenvalue weighted by Gasteiger charge is 2.22. The molecule has 0 N–H and O–H groups in total. The van der Waals surface area contributed by atoms with Gasteiger partial charge in [0.2, 0.25) is 0 Å². The molecule has 0 bridgehead atoms. The van der Waals surface area contributed by atoms with Gasteiger partial charge in [-0.15, -0.1) is 0 Å². The zero-order chi connectivity index (χ0) is 17.2. The minimum Gasteiger partial charge on any atom is -0.465 e. The largest absolute Gasteiger partial charge is 0.465 e. The molecule has 0 aliphatic rings. The van der Waals surface area contributed by atoms with E-state index in [4.69, 9.17) is 15.8 Å². The lowest BCUT2D eigenvalue weighted by Crippen LogP contribution is -2.13. The van der Waals surface area contributed by atoms with Crippen molar-refractivity contribution in [1.29, 1.82) is 0 Å². The highest BCUT2D eigenvalue weighted by atomic mass is 35.5. The monoisotopic (exact) mass is 354 g/mol. The zero-order valence-electron chi connectivity index (χ0n) is 12.8. The number of aryl methyl sites for hydroxylation is 2. The van der Waals surface area contributed by atoms with Gasteiger partial charge in [-0.3, -0.25) is 0 Å². The molecular formula is C16H15ClO5S. The Morgan fingerprint density at radius 2 is 1.78 bits per heavy atom. The molecule has 23 heavy (non-hydrogen) atoms. The number of halogens is 1. The molecule has 0 atom stereocenters. The first-order chi connectivity index (χ1) is 10.7. The first-order valence-electron chi connectivity index (χ1n) is 6.64. The quantitative estimate of drug-likeness (QED) is 0.620. The third kappa shape index (κ3) is 3.83. The zero-order valence-corrected chi connectivity index (χ0v) is 14.4. The molecule has 7 heteroatoms. The Kier molecular flexibility index (Phi) is 4.97. The molecule has 0 aromatic heterocycles. The Bertz CT molecular complexity index is 859. The van der Waals surface area contributed by atoms with Crippen LogP contribution in [0, 0.1) is 13.8 Å². The number of esters is 1. The van der Waals surface area contributed by atoms with Crippen LogP contribution in [0.25, 0.3) is 0 Å². The molecule has 0 fully saturated rings. The van der Waals surface area contributed by atoms with E-state index in [9.17, 15) is 13.2 Å². The number of benzene rings is 2. The standard InChI is InChI=1S/C16H15ClO5S/c1-10-4-7-13(17)14(8-10)22-23(19,20)15-9-12(16(18)21-3)6-5-11(15)2/h4-9H,1-3H3. The van der Waals surface area contributed by atoms with Crippen molar-refractivity contribution in [1.82, 2.24) is 0 Å². The molecule has 0 spiro atoms. The average Bonchev–Trinajstić information content (AvgIpc) is 2.50. The molecule has 5 nitrogen and oxygen atoms in total. The maximum atomic E-state index is 12.5. The smallest absolute Gasteiger partial charge is 0.339 e. The summed E-state index contributed by atoms with van der Waals surface area (Å²) in [6, 6.07) is 9.05. The fourth-order valence-electron chi connectivity index (χ4n) is 1.95. The van der Waals surface area contributed by atoms with E-state index in [1.54, 1.807) is 26.0 Å². The third-order valence-electron chi connectivity index (χ3n) is 3.16. The summed E-state index contributed by atoms with van der Waals surface area (Å²) in [5, 5.41) is 0.181. The van der Waals surface area contributed by atoms with E-state index < -0.39 is 16.1 Å². The van der Waals surface area contributed by atoms with Crippen LogP contribution in [0.4, 0.5) is 0 Å². The Morgan fingerprint density at radius 1 is 1.09 bits per heavy atom. The molecule has 0 radical (unpaired) electrons. The van der Waals surface area contributed by atoms with Crippen molar-refractivity contribution in [3.05, 3.63) is 58.1 Å². The highest BCUT2D eigenvalue weighted by Crippen LogP contribution is 2.29.